The molecule has 3 aromatic rings. The minimum absolute atomic E-state index is 0.0723. The van der Waals surface area contributed by atoms with Gasteiger partial charge in [-0.1, -0.05) is 0 Å². The first-order chi connectivity index (χ1) is 13.3. The van der Waals surface area contributed by atoms with Crippen LogP contribution in [0.25, 0.3) is 46.4 Å². The number of fused-ring (bicyclic) bond motifs is 8. The predicted molar refractivity (Wildman–Crippen MR) is 110 cm³/mol. The molecule has 0 saturated heterocycles. The molecule has 2 aliphatic heterocycles. The Kier molecular flexibility index (Phi) is 3.73. The van der Waals surface area contributed by atoms with E-state index in [1.807, 2.05) is 60.7 Å². The molecule has 0 radical (unpaired) electrons. The molecule has 0 saturated carbocycles. The zero-order valence-corrected chi connectivity index (χ0v) is 14.6. The van der Waals surface area contributed by atoms with Gasteiger partial charge in [0, 0.05) is 34.2 Å². The van der Waals surface area contributed by atoms with E-state index in [9.17, 15) is 5.11 Å². The fourth-order valence-electron chi connectivity index (χ4n) is 3.44. The highest BCUT2D eigenvalue weighted by molar-refractivity contribution is 5.79. The van der Waals surface area contributed by atoms with Crippen molar-refractivity contribution in [2.75, 3.05) is 6.61 Å². The summed E-state index contributed by atoms with van der Waals surface area (Å²) in [6.07, 6.45) is 8.50. The molecule has 3 aromatic heterocycles. The Morgan fingerprint density at radius 1 is 0.704 bits per heavy atom. The van der Waals surface area contributed by atoms with E-state index in [-0.39, 0.29) is 6.61 Å². The summed E-state index contributed by atoms with van der Waals surface area (Å²) in [4.78, 5) is 16.2. The minimum Gasteiger partial charge on any atom is -0.396 e. The van der Waals surface area contributed by atoms with Gasteiger partial charge in [-0.25, -0.2) is 9.97 Å². The van der Waals surface area contributed by atoms with Gasteiger partial charge < -0.3 is 15.1 Å². The predicted octanol–water partition coefficient (Wildman–Crippen LogP) is 4.19. The van der Waals surface area contributed by atoms with Crippen LogP contribution in [0, 0.1) is 0 Å². The van der Waals surface area contributed by atoms with Crippen molar-refractivity contribution in [2.45, 2.75) is 6.42 Å². The number of aromatic amines is 2. The summed E-state index contributed by atoms with van der Waals surface area (Å²) in [7, 11) is 0. The maximum Gasteiger partial charge on any atom is 0.0691 e. The van der Waals surface area contributed by atoms with Crippen molar-refractivity contribution >= 4 is 46.4 Å². The molecule has 0 atom stereocenters. The van der Waals surface area contributed by atoms with Crippen molar-refractivity contribution in [3.63, 3.8) is 0 Å². The molecular formula is C22H18N4O. The number of aliphatic hydroxyl groups excluding tert-OH is 1. The molecule has 0 fully saturated rings. The molecule has 0 amide bonds. The van der Waals surface area contributed by atoms with Crippen molar-refractivity contribution in [3.05, 3.63) is 70.8 Å². The average molecular weight is 354 g/mol. The van der Waals surface area contributed by atoms with Gasteiger partial charge in [-0.3, -0.25) is 0 Å². The van der Waals surface area contributed by atoms with Crippen LogP contribution < -0.4 is 0 Å². The van der Waals surface area contributed by atoms with Crippen LogP contribution >= 0.6 is 0 Å². The Balaban J connectivity index is 1.86. The normalized spacial score (nSPS) is 12.6. The molecule has 132 valence electrons. The maximum absolute atomic E-state index is 9.53. The zero-order chi connectivity index (χ0) is 18.2. The summed E-state index contributed by atoms with van der Waals surface area (Å²) in [5.74, 6) is 0. The number of aliphatic hydroxyl groups is 1. The van der Waals surface area contributed by atoms with Crippen molar-refractivity contribution in [3.8, 4) is 0 Å². The lowest BCUT2D eigenvalue weighted by Crippen LogP contribution is -1.94. The molecule has 5 heteroatoms. The first-order valence-electron chi connectivity index (χ1n) is 8.94. The number of hydrogen-bond acceptors (Lipinski definition) is 3. The number of rotatable bonds is 2. The van der Waals surface area contributed by atoms with Crippen LogP contribution in [0.5, 0.6) is 0 Å². The summed E-state index contributed by atoms with van der Waals surface area (Å²) >= 11 is 0. The summed E-state index contributed by atoms with van der Waals surface area (Å²) in [6, 6.07) is 14.2. The van der Waals surface area contributed by atoms with Gasteiger partial charge in [0.2, 0.25) is 0 Å². The van der Waals surface area contributed by atoms with Gasteiger partial charge in [0.15, 0.2) is 0 Å². The molecule has 0 aliphatic carbocycles. The van der Waals surface area contributed by atoms with Crippen LogP contribution in [0.15, 0.2) is 42.5 Å². The third kappa shape index (κ3) is 3.09. The summed E-state index contributed by atoms with van der Waals surface area (Å²) in [5, 5.41) is 9.53. The largest absolute Gasteiger partial charge is 0.396 e. The Hall–Kier alpha value is -3.44. The van der Waals surface area contributed by atoms with E-state index in [1.54, 1.807) is 0 Å². The van der Waals surface area contributed by atoms with Gasteiger partial charge in [-0.05, 0) is 73.2 Å². The first kappa shape index (κ1) is 15.8. The van der Waals surface area contributed by atoms with Crippen LogP contribution in [0.3, 0.4) is 0 Å². The van der Waals surface area contributed by atoms with E-state index in [0.717, 1.165) is 50.4 Å². The maximum atomic E-state index is 9.53. The molecule has 8 bridgehead atoms. The van der Waals surface area contributed by atoms with Gasteiger partial charge in [0.1, 0.15) is 0 Å². The second-order valence-corrected chi connectivity index (χ2v) is 6.63. The van der Waals surface area contributed by atoms with E-state index in [1.165, 1.54) is 0 Å². The highest BCUT2D eigenvalue weighted by Crippen LogP contribution is 2.21. The van der Waals surface area contributed by atoms with E-state index >= 15 is 0 Å². The Morgan fingerprint density at radius 3 is 2.22 bits per heavy atom. The summed E-state index contributed by atoms with van der Waals surface area (Å²) in [6.45, 7) is 0.0723. The number of nitrogens with zero attached hydrogens (tertiary/aromatic N) is 2. The van der Waals surface area contributed by atoms with Crippen LogP contribution in [0.2, 0.25) is 0 Å². The van der Waals surface area contributed by atoms with E-state index in [2.05, 4.69) is 21.0 Å². The van der Waals surface area contributed by atoms with E-state index < -0.39 is 0 Å². The Bertz CT molecular complexity index is 1240. The lowest BCUT2D eigenvalue weighted by Gasteiger charge is -1.99. The quantitative estimate of drug-likeness (QED) is 0.445. The van der Waals surface area contributed by atoms with Crippen molar-refractivity contribution in [1.29, 1.82) is 0 Å². The van der Waals surface area contributed by atoms with Crippen LogP contribution in [-0.4, -0.2) is 31.6 Å². The second kappa shape index (κ2) is 6.37. The van der Waals surface area contributed by atoms with Gasteiger partial charge >= 0.3 is 0 Å². The highest BCUT2D eigenvalue weighted by Gasteiger charge is 2.08. The number of H-pyrrole nitrogens is 2. The van der Waals surface area contributed by atoms with Gasteiger partial charge in [0.05, 0.1) is 22.8 Å². The fraction of sp³-hybridized carbons (Fsp3) is 0.0909. The number of nitrogens with one attached hydrogen (secondary N) is 2. The number of hydrogen-bond donors (Lipinski definition) is 3. The van der Waals surface area contributed by atoms with Crippen LogP contribution in [0.1, 0.15) is 28.3 Å². The van der Waals surface area contributed by atoms with Crippen LogP contribution in [-0.2, 0) is 6.42 Å². The first-order valence-corrected chi connectivity index (χ1v) is 8.94. The third-order valence-electron chi connectivity index (χ3n) is 4.69. The molecule has 27 heavy (non-hydrogen) atoms. The molecular weight excluding hydrogens is 336 g/mol. The molecule has 0 spiro atoms. The van der Waals surface area contributed by atoms with Gasteiger partial charge in [-0.2, -0.15) is 0 Å². The standard InChI is InChI=1S/C22H18N4O/c27-10-9-20-21-7-5-18(25-21)12-16-3-1-14(23-16)11-15-2-4-17(24-15)13-19-6-8-22(20)26-19/h1-8,11-13,23,25,27H,9-10H2. The molecule has 0 unspecified atom stereocenters. The van der Waals surface area contributed by atoms with Crippen molar-refractivity contribution in [1.82, 2.24) is 19.9 Å². The fourth-order valence-corrected chi connectivity index (χ4v) is 3.44. The smallest absolute Gasteiger partial charge is 0.0691 e. The van der Waals surface area contributed by atoms with Crippen molar-refractivity contribution < 1.29 is 5.11 Å². The molecule has 0 aromatic carbocycles. The van der Waals surface area contributed by atoms with E-state index in [0.29, 0.717) is 6.42 Å². The van der Waals surface area contributed by atoms with Crippen LogP contribution in [0.4, 0.5) is 0 Å². The Morgan fingerprint density at radius 2 is 1.37 bits per heavy atom. The lowest BCUT2D eigenvalue weighted by atomic mass is 10.1. The SMILES string of the molecule is OCCc1c2nc(cc3nc(cc4ccc(cc5ccc1[nH]5)[nH]4)C=C3)C=C2. The van der Waals surface area contributed by atoms with Crippen molar-refractivity contribution in [2.24, 2.45) is 0 Å². The van der Waals surface area contributed by atoms with Gasteiger partial charge in [0.25, 0.3) is 0 Å². The Labute approximate surface area is 155 Å². The molecule has 5 rings (SSSR count). The minimum atomic E-state index is 0.0723. The summed E-state index contributed by atoms with van der Waals surface area (Å²) in [5.41, 5.74) is 8.50. The monoisotopic (exact) mass is 354 g/mol. The van der Waals surface area contributed by atoms with E-state index in [4.69, 9.17) is 4.98 Å². The van der Waals surface area contributed by atoms with Gasteiger partial charge in [-0.15, -0.1) is 0 Å². The third-order valence-corrected chi connectivity index (χ3v) is 4.69. The highest BCUT2D eigenvalue weighted by atomic mass is 16.2. The molecule has 2 aliphatic rings. The summed E-state index contributed by atoms with van der Waals surface area (Å²) < 4.78 is 0. The average Bonchev–Trinajstić information content (AvgIpc) is 3.43. The lowest BCUT2D eigenvalue weighted by molar-refractivity contribution is 0.300. The molecule has 5 heterocycles. The topological polar surface area (TPSA) is 77.6 Å². The molecule has 3 N–H and O–H groups in total. The number of aromatic nitrogens is 4. The second-order valence-electron chi connectivity index (χ2n) is 6.63. The molecule has 5 nitrogen and oxygen atoms in total. The zero-order valence-electron chi connectivity index (χ0n) is 14.6.